The molecule has 2 heterocycles. The van der Waals surface area contributed by atoms with Crippen LogP contribution in [0.1, 0.15) is 39.0 Å². The Morgan fingerprint density at radius 3 is 2.93 bits per heavy atom. The van der Waals surface area contributed by atoms with Crippen LogP contribution < -0.4 is 0 Å². The predicted molar refractivity (Wildman–Crippen MR) is 56.0 cm³/mol. The average Bonchev–Trinajstić information content (AvgIpc) is 1.99. The predicted octanol–water partition coefficient (Wildman–Crippen LogP) is 1.07. The van der Waals surface area contributed by atoms with Crippen molar-refractivity contribution in [1.82, 2.24) is 4.81 Å². The van der Waals surface area contributed by atoms with Crippen molar-refractivity contribution in [3.8, 4) is 0 Å². The lowest BCUT2D eigenvalue weighted by Crippen LogP contribution is -2.64. The van der Waals surface area contributed by atoms with Crippen molar-refractivity contribution in [3.63, 3.8) is 0 Å². The molecule has 2 bridgehead atoms. The van der Waals surface area contributed by atoms with E-state index >= 15 is 0 Å². The monoisotopic (exact) mass is 195 g/mol. The lowest BCUT2D eigenvalue weighted by Gasteiger charge is -2.53. The molecular formula is C10H18BNO2. The Morgan fingerprint density at radius 1 is 1.64 bits per heavy atom. The fraction of sp³-hybridized carbons (Fsp3) is 0.900. The van der Waals surface area contributed by atoms with Crippen molar-refractivity contribution in [2.45, 2.75) is 57.4 Å². The number of carbonyl (C=O) groups is 1. The summed E-state index contributed by atoms with van der Waals surface area (Å²) in [5.41, 5.74) is -0.0770. The summed E-state index contributed by atoms with van der Waals surface area (Å²) >= 11 is 0. The second-order valence-corrected chi connectivity index (χ2v) is 5.00. The molecule has 0 aromatic heterocycles. The number of hydrogen-bond acceptors (Lipinski definition) is 3. The van der Waals surface area contributed by atoms with E-state index in [0.29, 0.717) is 18.6 Å². The first kappa shape index (κ1) is 10.2. The first-order valence-electron chi connectivity index (χ1n) is 5.51. The minimum atomic E-state index is -0.418. The van der Waals surface area contributed by atoms with Gasteiger partial charge in [0, 0.05) is 24.4 Å². The summed E-state index contributed by atoms with van der Waals surface area (Å²) < 4.78 is 0. The molecule has 0 spiro atoms. The summed E-state index contributed by atoms with van der Waals surface area (Å²) in [4.78, 5) is 13.7. The summed E-state index contributed by atoms with van der Waals surface area (Å²) in [5.74, 6) is 0.370. The summed E-state index contributed by atoms with van der Waals surface area (Å²) in [7, 11) is -0.418. The van der Waals surface area contributed by atoms with Crippen LogP contribution in [0.4, 0.5) is 0 Å². The molecule has 1 N–H and O–H groups in total. The smallest absolute Gasteiger partial charge is 0.377 e. The third-order valence-electron chi connectivity index (χ3n) is 3.71. The number of rotatable bonds is 1. The van der Waals surface area contributed by atoms with Gasteiger partial charge in [0.1, 0.15) is 5.78 Å². The van der Waals surface area contributed by atoms with Crippen molar-refractivity contribution in [2.24, 2.45) is 0 Å². The number of hydrogen-bond donors (Lipinski definition) is 1. The maximum absolute atomic E-state index is 11.5. The molecule has 78 valence electrons. The van der Waals surface area contributed by atoms with Gasteiger partial charge in [-0.2, -0.15) is 0 Å². The first-order chi connectivity index (χ1) is 6.53. The maximum Gasteiger partial charge on any atom is 0.377 e. The van der Waals surface area contributed by atoms with Crippen LogP contribution >= 0.6 is 0 Å². The largest absolute Gasteiger partial charge is 0.437 e. The molecule has 2 fully saturated rings. The van der Waals surface area contributed by atoms with E-state index in [-0.39, 0.29) is 11.6 Å². The molecule has 0 aromatic carbocycles. The molecule has 2 aliphatic rings. The Hall–Kier alpha value is -0.345. The van der Waals surface area contributed by atoms with E-state index in [1.807, 2.05) is 6.82 Å². The van der Waals surface area contributed by atoms with E-state index in [2.05, 4.69) is 11.7 Å². The van der Waals surface area contributed by atoms with Crippen LogP contribution in [0.5, 0.6) is 0 Å². The molecular weight excluding hydrogens is 177 g/mol. The van der Waals surface area contributed by atoms with Crippen molar-refractivity contribution < 1.29 is 9.82 Å². The lowest BCUT2D eigenvalue weighted by atomic mass is 9.66. The second-order valence-electron chi connectivity index (χ2n) is 5.00. The molecule has 2 saturated heterocycles. The molecule has 2 aliphatic heterocycles. The van der Waals surface area contributed by atoms with E-state index in [0.717, 1.165) is 12.8 Å². The maximum atomic E-state index is 11.5. The van der Waals surface area contributed by atoms with Crippen LogP contribution in [0.2, 0.25) is 6.82 Å². The standard InChI is InChI=1S/C10H18BNO2/c1-10-5-3-4-8(6-9(13)7-10)12(10)11(2)14/h8,14H,3-7H2,1-2H3/t8?,10-/m0/s1. The Labute approximate surface area is 85.6 Å². The van der Waals surface area contributed by atoms with Crippen LogP contribution in [0.3, 0.4) is 0 Å². The van der Waals surface area contributed by atoms with Gasteiger partial charge >= 0.3 is 7.05 Å². The molecule has 2 atom stereocenters. The van der Waals surface area contributed by atoms with Gasteiger partial charge in [0.25, 0.3) is 0 Å². The highest BCUT2D eigenvalue weighted by Crippen LogP contribution is 2.40. The molecule has 0 radical (unpaired) electrons. The van der Waals surface area contributed by atoms with Gasteiger partial charge in [-0.3, -0.25) is 4.79 Å². The van der Waals surface area contributed by atoms with Crippen LogP contribution in [0.25, 0.3) is 0 Å². The summed E-state index contributed by atoms with van der Waals surface area (Å²) in [6.07, 6.45) is 4.55. The topological polar surface area (TPSA) is 40.5 Å². The van der Waals surface area contributed by atoms with Gasteiger partial charge in [-0.05, 0) is 26.6 Å². The molecule has 4 heteroatoms. The van der Waals surface area contributed by atoms with Crippen LogP contribution in [0, 0.1) is 0 Å². The van der Waals surface area contributed by atoms with Gasteiger partial charge in [-0.15, -0.1) is 0 Å². The average molecular weight is 195 g/mol. The minimum absolute atomic E-state index is 0.0770. The Balaban J connectivity index is 2.27. The molecule has 2 rings (SSSR count). The third-order valence-corrected chi connectivity index (χ3v) is 3.71. The number of Topliss-reactive ketones (excluding diaryl/α,β-unsaturated/α-hetero) is 1. The number of ketones is 1. The Kier molecular flexibility index (Phi) is 2.44. The van der Waals surface area contributed by atoms with Crippen LogP contribution in [0.15, 0.2) is 0 Å². The number of carbonyl (C=O) groups excluding carboxylic acids is 1. The highest BCUT2D eigenvalue weighted by Gasteiger charge is 2.48. The molecule has 1 unspecified atom stereocenters. The van der Waals surface area contributed by atoms with Gasteiger partial charge in [0.15, 0.2) is 0 Å². The van der Waals surface area contributed by atoms with Gasteiger partial charge in [-0.25, -0.2) is 0 Å². The van der Waals surface area contributed by atoms with Crippen molar-refractivity contribution in [2.75, 3.05) is 0 Å². The van der Waals surface area contributed by atoms with E-state index < -0.39 is 7.05 Å². The number of piperidine rings is 2. The molecule has 0 aromatic rings. The molecule has 14 heavy (non-hydrogen) atoms. The second kappa shape index (κ2) is 3.35. The number of fused-ring (bicyclic) bond motifs is 2. The summed E-state index contributed by atoms with van der Waals surface area (Å²) in [6.45, 7) is 3.93. The third kappa shape index (κ3) is 1.50. The fourth-order valence-electron chi connectivity index (χ4n) is 3.32. The van der Waals surface area contributed by atoms with Gasteiger partial charge < -0.3 is 9.83 Å². The number of nitrogens with zero attached hydrogens (tertiary/aromatic N) is 1. The summed E-state index contributed by atoms with van der Waals surface area (Å²) in [5, 5.41) is 9.75. The lowest BCUT2D eigenvalue weighted by molar-refractivity contribution is -0.128. The van der Waals surface area contributed by atoms with Crippen molar-refractivity contribution in [1.29, 1.82) is 0 Å². The zero-order chi connectivity index (χ0) is 10.3. The van der Waals surface area contributed by atoms with E-state index in [4.69, 9.17) is 0 Å². The summed E-state index contributed by atoms with van der Waals surface area (Å²) in [6, 6.07) is 0.287. The molecule has 0 amide bonds. The SMILES string of the molecule is CB(O)N1C2CCC[C@@]1(C)CC(=O)C2. The Bertz CT molecular complexity index is 257. The van der Waals surface area contributed by atoms with Crippen LogP contribution in [-0.4, -0.2) is 34.2 Å². The van der Waals surface area contributed by atoms with Gasteiger partial charge in [0.05, 0.1) is 0 Å². The van der Waals surface area contributed by atoms with Crippen molar-refractivity contribution >= 4 is 12.8 Å². The zero-order valence-corrected chi connectivity index (χ0v) is 8.99. The zero-order valence-electron chi connectivity index (χ0n) is 8.99. The first-order valence-corrected chi connectivity index (χ1v) is 5.51. The minimum Gasteiger partial charge on any atom is -0.437 e. The quantitative estimate of drug-likeness (QED) is 0.636. The molecule has 0 aliphatic carbocycles. The molecule has 0 saturated carbocycles. The van der Waals surface area contributed by atoms with Crippen LogP contribution in [-0.2, 0) is 4.79 Å². The fourth-order valence-corrected chi connectivity index (χ4v) is 3.32. The molecule has 3 nitrogen and oxygen atoms in total. The highest BCUT2D eigenvalue weighted by atomic mass is 16.2. The van der Waals surface area contributed by atoms with Crippen molar-refractivity contribution in [3.05, 3.63) is 0 Å². The van der Waals surface area contributed by atoms with E-state index in [1.165, 1.54) is 6.42 Å². The van der Waals surface area contributed by atoms with Gasteiger partial charge in [-0.1, -0.05) is 6.42 Å². The van der Waals surface area contributed by atoms with Gasteiger partial charge in [0.2, 0.25) is 0 Å². The van der Waals surface area contributed by atoms with E-state index in [1.54, 1.807) is 0 Å². The van der Waals surface area contributed by atoms with E-state index in [9.17, 15) is 9.82 Å². The normalized spacial score (nSPS) is 38.5. The highest BCUT2D eigenvalue weighted by molar-refractivity contribution is 6.45. The Morgan fingerprint density at radius 2 is 2.36 bits per heavy atom.